The van der Waals surface area contributed by atoms with Crippen molar-refractivity contribution in [3.63, 3.8) is 0 Å². The van der Waals surface area contributed by atoms with Gasteiger partial charge in [0.2, 0.25) is 10.0 Å². The fraction of sp³-hybridized carbons (Fsp3) is 0.542. The van der Waals surface area contributed by atoms with Gasteiger partial charge in [-0.3, -0.25) is 4.40 Å². The van der Waals surface area contributed by atoms with Gasteiger partial charge in [-0.1, -0.05) is 24.2 Å². The second kappa shape index (κ2) is 8.91. The van der Waals surface area contributed by atoms with E-state index in [9.17, 15) is 18.6 Å². The first kappa shape index (κ1) is 23.7. The number of hydrogen-bond acceptors (Lipinski definition) is 7. The molecule has 0 spiro atoms. The number of sulfonamides is 1. The summed E-state index contributed by atoms with van der Waals surface area (Å²) < 4.78 is 36.9. The lowest BCUT2D eigenvalue weighted by Gasteiger charge is -2.26. The number of hydrogen-bond donors (Lipinski definition) is 3. The summed E-state index contributed by atoms with van der Waals surface area (Å²) >= 11 is 1.49. The number of benzene rings is 1. The molecule has 0 atom stereocenters. The number of thiazole rings is 1. The van der Waals surface area contributed by atoms with E-state index in [4.69, 9.17) is 9.72 Å². The van der Waals surface area contributed by atoms with E-state index in [2.05, 4.69) is 4.72 Å². The number of aryl methyl sites for hydroxylation is 1. The number of nitrogens with one attached hydrogen (secondary N) is 1. The van der Waals surface area contributed by atoms with Crippen LogP contribution >= 0.6 is 11.3 Å². The lowest BCUT2D eigenvalue weighted by molar-refractivity contribution is 0.0480. The molecule has 0 amide bonds. The van der Waals surface area contributed by atoms with Crippen LogP contribution in [0.3, 0.4) is 0 Å². The number of rotatable bonds is 6. The van der Waals surface area contributed by atoms with Crippen molar-refractivity contribution in [3.05, 3.63) is 35.0 Å². The minimum absolute atomic E-state index is 0.0813. The Balaban J connectivity index is 1.53. The Labute approximate surface area is 203 Å². The van der Waals surface area contributed by atoms with E-state index < -0.39 is 15.6 Å². The van der Waals surface area contributed by atoms with Crippen molar-refractivity contribution in [3.8, 4) is 17.0 Å². The monoisotopic (exact) mass is 505 g/mol. The minimum Gasteiger partial charge on any atom is -0.495 e. The summed E-state index contributed by atoms with van der Waals surface area (Å²) in [5.41, 5.74) is 1.51. The molecule has 0 bridgehead atoms. The topological polar surface area (TPSA) is 113 Å². The standard InChI is InChI=1S/C24H31N3O5S2/c1-15-22(27-14-21(33-23(27)25-15)24(29)11-3-4-12-24)16-5-10-19(32-2)20(13-16)34(30,31)26-17-6-8-18(28)9-7-17/h5,10,13-14,17-18,26,28-29H,3-4,6-9,11-12H2,1-2H3. The lowest BCUT2D eigenvalue weighted by atomic mass is 9.94. The molecule has 0 unspecified atom stereocenters. The van der Waals surface area contributed by atoms with Crippen LogP contribution in [0.2, 0.25) is 0 Å². The Morgan fingerprint density at radius 1 is 1.21 bits per heavy atom. The molecule has 8 nitrogen and oxygen atoms in total. The largest absolute Gasteiger partial charge is 0.495 e. The van der Waals surface area contributed by atoms with Gasteiger partial charge in [-0.25, -0.2) is 18.1 Å². The van der Waals surface area contributed by atoms with Gasteiger partial charge in [-0.2, -0.15) is 0 Å². The highest BCUT2D eigenvalue weighted by Gasteiger charge is 2.35. The summed E-state index contributed by atoms with van der Waals surface area (Å²) in [5.74, 6) is 0.275. The summed E-state index contributed by atoms with van der Waals surface area (Å²) in [5, 5.41) is 20.8. The van der Waals surface area contributed by atoms with Crippen LogP contribution in [0.1, 0.15) is 61.9 Å². The Hall–Kier alpha value is -1.98. The zero-order valence-electron chi connectivity index (χ0n) is 19.5. The fourth-order valence-electron chi connectivity index (χ4n) is 5.23. The first-order chi connectivity index (χ1) is 16.2. The van der Waals surface area contributed by atoms with Crippen LogP contribution in [0, 0.1) is 6.92 Å². The van der Waals surface area contributed by atoms with E-state index in [-0.39, 0.29) is 22.8 Å². The van der Waals surface area contributed by atoms with Crippen molar-refractivity contribution in [1.82, 2.24) is 14.1 Å². The van der Waals surface area contributed by atoms with Gasteiger partial charge in [0.1, 0.15) is 16.2 Å². The normalized spacial score (nSPS) is 22.9. The number of aliphatic hydroxyl groups excluding tert-OH is 1. The van der Waals surface area contributed by atoms with Crippen LogP contribution in [0.4, 0.5) is 0 Å². The number of ether oxygens (including phenoxy) is 1. The average molecular weight is 506 g/mol. The van der Waals surface area contributed by atoms with Crippen molar-refractivity contribution in [1.29, 1.82) is 0 Å². The molecule has 10 heteroatoms. The van der Waals surface area contributed by atoms with Crippen LogP contribution in [0.15, 0.2) is 29.3 Å². The molecule has 2 fully saturated rings. The molecule has 2 heterocycles. The summed E-state index contributed by atoms with van der Waals surface area (Å²) in [7, 11) is -2.38. The van der Waals surface area contributed by atoms with Crippen LogP contribution in [0.25, 0.3) is 16.2 Å². The van der Waals surface area contributed by atoms with Crippen molar-refractivity contribution >= 4 is 26.3 Å². The maximum atomic E-state index is 13.3. The molecule has 34 heavy (non-hydrogen) atoms. The van der Waals surface area contributed by atoms with E-state index >= 15 is 0 Å². The number of nitrogens with zero attached hydrogens (tertiary/aromatic N) is 2. The highest BCUT2D eigenvalue weighted by molar-refractivity contribution is 7.89. The second-order valence-corrected chi connectivity index (χ2v) is 12.2. The quantitative estimate of drug-likeness (QED) is 0.471. The predicted octanol–water partition coefficient (Wildman–Crippen LogP) is 3.72. The molecule has 0 aliphatic heterocycles. The highest BCUT2D eigenvalue weighted by Crippen LogP contribution is 2.43. The molecule has 3 aromatic rings. The SMILES string of the molecule is COc1ccc(-c2c(C)nc3sc(C4(O)CCCC4)cn23)cc1S(=O)(=O)NC1CCC(O)CC1. The number of aromatic nitrogens is 2. The van der Waals surface area contributed by atoms with Gasteiger partial charge in [0, 0.05) is 17.8 Å². The van der Waals surface area contributed by atoms with Gasteiger partial charge >= 0.3 is 0 Å². The molecule has 5 rings (SSSR count). The molecule has 3 N–H and O–H groups in total. The van der Waals surface area contributed by atoms with Crippen LogP contribution in [-0.2, 0) is 15.6 Å². The average Bonchev–Trinajstić information content (AvgIpc) is 3.50. The maximum absolute atomic E-state index is 13.3. The molecule has 1 aromatic carbocycles. The van der Waals surface area contributed by atoms with Crippen LogP contribution in [0.5, 0.6) is 5.75 Å². The van der Waals surface area contributed by atoms with Gasteiger partial charge in [-0.15, -0.1) is 0 Å². The van der Waals surface area contributed by atoms with Crippen LogP contribution in [-0.4, -0.2) is 47.3 Å². The molecule has 2 aliphatic carbocycles. The highest BCUT2D eigenvalue weighted by atomic mass is 32.2. The van der Waals surface area contributed by atoms with E-state index in [1.807, 2.05) is 23.6 Å². The van der Waals surface area contributed by atoms with Crippen molar-refractivity contribution < 1.29 is 23.4 Å². The molecule has 2 aliphatic rings. The van der Waals surface area contributed by atoms with Gasteiger partial charge in [-0.05, 0) is 63.6 Å². The fourth-order valence-corrected chi connectivity index (χ4v) is 7.91. The Kier molecular flexibility index (Phi) is 6.22. The molecular formula is C24H31N3O5S2. The zero-order chi connectivity index (χ0) is 24.1. The van der Waals surface area contributed by atoms with Gasteiger partial charge < -0.3 is 14.9 Å². The van der Waals surface area contributed by atoms with E-state index in [0.717, 1.165) is 46.9 Å². The van der Waals surface area contributed by atoms with E-state index in [1.165, 1.54) is 18.4 Å². The predicted molar refractivity (Wildman–Crippen MR) is 131 cm³/mol. The molecule has 0 radical (unpaired) electrons. The Morgan fingerprint density at radius 2 is 1.91 bits per heavy atom. The van der Waals surface area contributed by atoms with Gasteiger partial charge in [0.25, 0.3) is 0 Å². The number of aliphatic hydroxyl groups is 2. The summed E-state index contributed by atoms with van der Waals surface area (Å²) in [6.45, 7) is 1.91. The number of fused-ring (bicyclic) bond motifs is 1. The summed E-state index contributed by atoms with van der Waals surface area (Å²) in [6, 6.07) is 4.94. The first-order valence-electron chi connectivity index (χ1n) is 11.8. The maximum Gasteiger partial charge on any atom is 0.244 e. The van der Waals surface area contributed by atoms with Gasteiger partial charge in [0.05, 0.1) is 29.5 Å². The molecule has 0 saturated heterocycles. The van der Waals surface area contributed by atoms with E-state index in [1.54, 1.807) is 12.1 Å². The third-order valence-electron chi connectivity index (χ3n) is 7.14. The zero-order valence-corrected chi connectivity index (χ0v) is 21.1. The third kappa shape index (κ3) is 4.26. The second-order valence-electron chi connectivity index (χ2n) is 9.52. The Morgan fingerprint density at radius 3 is 2.59 bits per heavy atom. The molecule has 184 valence electrons. The third-order valence-corrected chi connectivity index (χ3v) is 9.85. The van der Waals surface area contributed by atoms with Crippen molar-refractivity contribution in [2.45, 2.75) is 80.9 Å². The summed E-state index contributed by atoms with van der Waals surface area (Å²) in [4.78, 5) is 6.46. The molecule has 2 aromatic heterocycles. The first-order valence-corrected chi connectivity index (χ1v) is 14.1. The van der Waals surface area contributed by atoms with Crippen molar-refractivity contribution in [2.24, 2.45) is 0 Å². The van der Waals surface area contributed by atoms with Gasteiger partial charge in [0.15, 0.2) is 4.96 Å². The van der Waals surface area contributed by atoms with Crippen LogP contribution < -0.4 is 9.46 Å². The smallest absolute Gasteiger partial charge is 0.244 e. The number of methoxy groups -OCH3 is 1. The minimum atomic E-state index is -3.84. The molecule has 2 saturated carbocycles. The van der Waals surface area contributed by atoms with E-state index in [0.29, 0.717) is 31.2 Å². The Bertz CT molecular complexity index is 1300. The summed E-state index contributed by atoms with van der Waals surface area (Å²) in [6.07, 6.45) is 7.49. The number of imidazole rings is 1. The lowest BCUT2D eigenvalue weighted by Crippen LogP contribution is -2.38. The van der Waals surface area contributed by atoms with Crippen molar-refractivity contribution in [2.75, 3.05) is 7.11 Å². The molecular weight excluding hydrogens is 474 g/mol.